The van der Waals surface area contributed by atoms with E-state index in [1.165, 1.54) is 12.1 Å². The number of hydrogen-bond acceptors (Lipinski definition) is 7. The highest BCUT2D eigenvalue weighted by atomic mass is 19.1. The normalized spacial score (nSPS) is 12.3. The Bertz CT molecular complexity index is 1830. The van der Waals surface area contributed by atoms with Crippen molar-refractivity contribution in [2.45, 2.75) is 39.5 Å². The number of tetrazole rings is 1. The SMILES string of the molecule is Cc1ccc(C)c2[nH]c(=O)c(C(c3nnnn3Cc3ccc(F)cc3)N(Cc3cccnc3)Cc3ccco3)cc12. The standard InChI is InChI=1S/C31H28FN7O2/c1-20-7-8-21(2)28-26(20)15-27(31(40)34-28)29(30-35-36-37-39(30)18-22-9-11-24(32)12-10-22)38(19-25-6-4-14-41-25)17-23-5-3-13-33-16-23/h3-16,29H,17-19H2,1-2H3,(H,34,40). The molecule has 0 amide bonds. The average molecular weight is 550 g/mol. The summed E-state index contributed by atoms with van der Waals surface area (Å²) in [6.07, 6.45) is 5.15. The van der Waals surface area contributed by atoms with Gasteiger partial charge in [-0.05, 0) is 82.9 Å². The van der Waals surface area contributed by atoms with E-state index in [1.807, 2.05) is 56.3 Å². The van der Waals surface area contributed by atoms with E-state index >= 15 is 0 Å². The zero-order valence-electron chi connectivity index (χ0n) is 22.7. The molecule has 2 aromatic carbocycles. The van der Waals surface area contributed by atoms with Crippen LogP contribution in [0.2, 0.25) is 0 Å². The maximum Gasteiger partial charge on any atom is 0.253 e. The minimum Gasteiger partial charge on any atom is -0.468 e. The second-order valence-electron chi connectivity index (χ2n) is 10.1. The van der Waals surface area contributed by atoms with Gasteiger partial charge in [-0.2, -0.15) is 0 Å². The number of furan rings is 1. The summed E-state index contributed by atoms with van der Waals surface area (Å²) in [7, 11) is 0. The fraction of sp³-hybridized carbons (Fsp3) is 0.194. The first-order valence-corrected chi connectivity index (χ1v) is 13.3. The fourth-order valence-corrected chi connectivity index (χ4v) is 5.14. The number of hydrogen-bond donors (Lipinski definition) is 1. The van der Waals surface area contributed by atoms with Gasteiger partial charge >= 0.3 is 0 Å². The summed E-state index contributed by atoms with van der Waals surface area (Å²) in [5, 5.41) is 13.7. The molecule has 1 unspecified atom stereocenters. The Kier molecular flexibility index (Phi) is 7.22. The quantitative estimate of drug-likeness (QED) is 0.268. The molecule has 6 aromatic rings. The number of H-pyrrole nitrogens is 1. The molecule has 9 nitrogen and oxygen atoms in total. The molecule has 0 aliphatic carbocycles. The van der Waals surface area contributed by atoms with E-state index in [9.17, 15) is 9.18 Å². The van der Waals surface area contributed by atoms with Crippen molar-refractivity contribution in [3.8, 4) is 0 Å². The van der Waals surface area contributed by atoms with Gasteiger partial charge in [0, 0.05) is 29.9 Å². The number of nitrogens with zero attached hydrogens (tertiary/aromatic N) is 6. The molecule has 206 valence electrons. The van der Waals surface area contributed by atoms with Gasteiger partial charge in [-0.15, -0.1) is 5.10 Å². The number of halogens is 1. The van der Waals surface area contributed by atoms with E-state index in [-0.39, 0.29) is 11.4 Å². The second-order valence-corrected chi connectivity index (χ2v) is 10.1. The van der Waals surface area contributed by atoms with Crippen LogP contribution in [-0.2, 0) is 19.6 Å². The van der Waals surface area contributed by atoms with Gasteiger partial charge in [0.15, 0.2) is 5.82 Å². The van der Waals surface area contributed by atoms with E-state index in [0.29, 0.717) is 31.0 Å². The molecule has 0 spiro atoms. The maximum absolute atomic E-state index is 13.9. The smallest absolute Gasteiger partial charge is 0.253 e. The van der Waals surface area contributed by atoms with Gasteiger partial charge in [-0.25, -0.2) is 9.07 Å². The van der Waals surface area contributed by atoms with Crippen molar-refractivity contribution in [1.29, 1.82) is 0 Å². The van der Waals surface area contributed by atoms with Crippen molar-refractivity contribution >= 4 is 10.9 Å². The van der Waals surface area contributed by atoms with Crippen molar-refractivity contribution in [1.82, 2.24) is 35.1 Å². The molecule has 0 saturated heterocycles. The molecule has 1 atom stereocenters. The highest BCUT2D eigenvalue weighted by Crippen LogP contribution is 2.31. The predicted octanol–water partition coefficient (Wildman–Crippen LogP) is 5.10. The molecule has 6 rings (SSSR count). The molecular weight excluding hydrogens is 521 g/mol. The van der Waals surface area contributed by atoms with Crippen molar-refractivity contribution < 1.29 is 8.81 Å². The zero-order chi connectivity index (χ0) is 28.3. The van der Waals surface area contributed by atoms with Gasteiger partial charge in [-0.1, -0.05) is 30.3 Å². The van der Waals surface area contributed by atoms with Crippen LogP contribution in [0, 0.1) is 19.7 Å². The lowest BCUT2D eigenvalue weighted by atomic mass is 9.99. The summed E-state index contributed by atoms with van der Waals surface area (Å²) in [6.45, 7) is 5.11. The molecule has 0 aliphatic heterocycles. The number of rotatable bonds is 9. The van der Waals surface area contributed by atoms with Crippen LogP contribution in [0.15, 0.2) is 94.6 Å². The summed E-state index contributed by atoms with van der Waals surface area (Å²) in [5.41, 5.74) is 4.86. The van der Waals surface area contributed by atoms with Crippen LogP contribution in [0.1, 0.15) is 45.4 Å². The van der Waals surface area contributed by atoms with Gasteiger partial charge in [0.25, 0.3) is 5.56 Å². The van der Waals surface area contributed by atoms with Gasteiger partial charge in [-0.3, -0.25) is 14.7 Å². The van der Waals surface area contributed by atoms with E-state index in [0.717, 1.165) is 38.9 Å². The Morgan fingerprint density at radius 2 is 1.83 bits per heavy atom. The topological polar surface area (TPSA) is 106 Å². The highest BCUT2D eigenvalue weighted by Gasteiger charge is 2.32. The fourth-order valence-electron chi connectivity index (χ4n) is 5.14. The van der Waals surface area contributed by atoms with Crippen LogP contribution in [0.5, 0.6) is 0 Å². The minimum absolute atomic E-state index is 0.233. The Balaban J connectivity index is 1.54. The summed E-state index contributed by atoms with van der Waals surface area (Å²) < 4.78 is 21.0. The zero-order valence-corrected chi connectivity index (χ0v) is 22.7. The second kappa shape index (κ2) is 11.3. The summed E-state index contributed by atoms with van der Waals surface area (Å²) >= 11 is 0. The third-order valence-corrected chi connectivity index (χ3v) is 7.23. The predicted molar refractivity (Wildman–Crippen MR) is 151 cm³/mol. The average Bonchev–Trinajstić information content (AvgIpc) is 3.66. The monoisotopic (exact) mass is 549 g/mol. The molecule has 0 bridgehead atoms. The molecular formula is C31H28FN7O2. The lowest BCUT2D eigenvalue weighted by Crippen LogP contribution is -2.35. The number of benzene rings is 2. The number of fused-ring (bicyclic) bond motifs is 1. The molecule has 1 N–H and O–H groups in total. The maximum atomic E-state index is 13.9. The number of pyridine rings is 2. The minimum atomic E-state index is -0.663. The summed E-state index contributed by atoms with van der Waals surface area (Å²) in [5.74, 6) is 0.874. The number of aryl methyl sites for hydroxylation is 2. The van der Waals surface area contributed by atoms with Crippen LogP contribution in [0.3, 0.4) is 0 Å². The van der Waals surface area contributed by atoms with Gasteiger partial charge in [0.2, 0.25) is 0 Å². The Labute approximate surface area is 235 Å². The molecule has 41 heavy (non-hydrogen) atoms. The van der Waals surface area contributed by atoms with E-state index in [2.05, 4.69) is 30.4 Å². The number of aromatic amines is 1. The Morgan fingerprint density at radius 1 is 1.00 bits per heavy atom. The molecule has 0 radical (unpaired) electrons. The van der Waals surface area contributed by atoms with Crippen LogP contribution < -0.4 is 5.56 Å². The Morgan fingerprint density at radius 3 is 2.59 bits per heavy atom. The molecule has 0 fully saturated rings. The first-order valence-electron chi connectivity index (χ1n) is 13.3. The van der Waals surface area contributed by atoms with E-state index in [1.54, 1.807) is 35.5 Å². The van der Waals surface area contributed by atoms with Gasteiger partial charge < -0.3 is 9.40 Å². The molecule has 4 heterocycles. The first kappa shape index (κ1) is 26.3. The number of nitrogens with one attached hydrogen (secondary N) is 1. The van der Waals surface area contributed by atoms with Crippen LogP contribution in [-0.4, -0.2) is 35.1 Å². The largest absolute Gasteiger partial charge is 0.468 e. The van der Waals surface area contributed by atoms with Gasteiger partial charge in [0.05, 0.1) is 24.9 Å². The van der Waals surface area contributed by atoms with Crippen molar-refractivity contribution in [3.63, 3.8) is 0 Å². The van der Waals surface area contributed by atoms with Crippen LogP contribution in [0.4, 0.5) is 4.39 Å². The van der Waals surface area contributed by atoms with Crippen LogP contribution in [0.25, 0.3) is 10.9 Å². The van der Waals surface area contributed by atoms with E-state index in [4.69, 9.17) is 4.42 Å². The van der Waals surface area contributed by atoms with Gasteiger partial charge in [0.1, 0.15) is 17.6 Å². The number of aromatic nitrogens is 6. The summed E-state index contributed by atoms with van der Waals surface area (Å²) in [4.78, 5) is 23.4. The molecule has 10 heteroatoms. The third-order valence-electron chi connectivity index (χ3n) is 7.23. The first-order chi connectivity index (χ1) is 20.0. The lowest BCUT2D eigenvalue weighted by molar-refractivity contribution is 0.179. The lowest BCUT2D eigenvalue weighted by Gasteiger charge is -2.30. The summed E-state index contributed by atoms with van der Waals surface area (Å²) in [6, 6.07) is 19.1. The van der Waals surface area contributed by atoms with Crippen molar-refractivity contribution in [3.05, 3.63) is 141 Å². The van der Waals surface area contributed by atoms with Crippen molar-refractivity contribution in [2.24, 2.45) is 0 Å². The third kappa shape index (κ3) is 5.55. The molecule has 0 saturated carbocycles. The highest BCUT2D eigenvalue weighted by molar-refractivity contribution is 5.85. The molecule has 4 aromatic heterocycles. The van der Waals surface area contributed by atoms with E-state index < -0.39 is 6.04 Å². The van der Waals surface area contributed by atoms with Crippen molar-refractivity contribution in [2.75, 3.05) is 0 Å². The molecule has 0 aliphatic rings. The van der Waals surface area contributed by atoms with Crippen LogP contribution >= 0.6 is 0 Å². The Hall–Kier alpha value is -4.96.